The van der Waals surface area contributed by atoms with Crippen molar-refractivity contribution in [1.82, 2.24) is 5.32 Å². The SMILES string of the molecule is C#CCC1CC2(CCNCC2)C1. The number of rotatable bonds is 1. The summed E-state index contributed by atoms with van der Waals surface area (Å²) in [6, 6.07) is 0. The highest BCUT2D eigenvalue weighted by Gasteiger charge is 2.43. The van der Waals surface area contributed by atoms with Crippen molar-refractivity contribution in [3.63, 3.8) is 0 Å². The molecule has 1 aliphatic heterocycles. The van der Waals surface area contributed by atoms with E-state index in [0.29, 0.717) is 5.41 Å². The first kappa shape index (κ1) is 8.13. The molecule has 1 saturated carbocycles. The third kappa shape index (κ3) is 1.36. The summed E-state index contributed by atoms with van der Waals surface area (Å²) in [7, 11) is 0. The van der Waals surface area contributed by atoms with Crippen LogP contribution in [0.5, 0.6) is 0 Å². The average Bonchev–Trinajstić information content (AvgIpc) is 2.04. The summed E-state index contributed by atoms with van der Waals surface area (Å²) in [6.07, 6.45) is 11.9. The van der Waals surface area contributed by atoms with Crippen LogP contribution in [0.1, 0.15) is 32.1 Å². The van der Waals surface area contributed by atoms with E-state index in [2.05, 4.69) is 11.2 Å². The Morgan fingerprint density at radius 1 is 1.33 bits per heavy atom. The summed E-state index contributed by atoms with van der Waals surface area (Å²) in [6.45, 7) is 2.45. The number of nitrogens with one attached hydrogen (secondary N) is 1. The van der Waals surface area contributed by atoms with Crippen molar-refractivity contribution in [2.45, 2.75) is 32.1 Å². The second-order valence-electron chi connectivity index (χ2n) is 4.43. The Morgan fingerprint density at radius 3 is 2.58 bits per heavy atom. The maximum absolute atomic E-state index is 5.29. The van der Waals surface area contributed by atoms with Crippen molar-refractivity contribution in [2.24, 2.45) is 11.3 Å². The Hall–Kier alpha value is -0.480. The van der Waals surface area contributed by atoms with Gasteiger partial charge in [0.15, 0.2) is 0 Å². The summed E-state index contributed by atoms with van der Waals surface area (Å²) in [5.41, 5.74) is 0.715. The van der Waals surface area contributed by atoms with Crippen LogP contribution in [0.25, 0.3) is 0 Å². The van der Waals surface area contributed by atoms with E-state index >= 15 is 0 Å². The molecule has 0 aromatic heterocycles. The Morgan fingerprint density at radius 2 is 2.00 bits per heavy atom. The molecule has 2 fully saturated rings. The van der Waals surface area contributed by atoms with Gasteiger partial charge in [-0.3, -0.25) is 0 Å². The first-order valence-electron chi connectivity index (χ1n) is 4.99. The van der Waals surface area contributed by atoms with E-state index in [4.69, 9.17) is 6.42 Å². The molecule has 0 radical (unpaired) electrons. The van der Waals surface area contributed by atoms with Crippen LogP contribution in [0.2, 0.25) is 0 Å². The molecule has 0 aromatic rings. The lowest BCUT2D eigenvalue weighted by molar-refractivity contribution is 0.0245. The van der Waals surface area contributed by atoms with Gasteiger partial charge in [0.25, 0.3) is 0 Å². The fraction of sp³-hybridized carbons (Fsp3) is 0.818. The Bertz CT molecular complexity index is 188. The zero-order valence-corrected chi connectivity index (χ0v) is 7.60. The maximum atomic E-state index is 5.29. The highest BCUT2D eigenvalue weighted by Crippen LogP contribution is 2.52. The van der Waals surface area contributed by atoms with Gasteiger partial charge in [0, 0.05) is 6.42 Å². The predicted molar refractivity (Wildman–Crippen MR) is 50.7 cm³/mol. The van der Waals surface area contributed by atoms with E-state index < -0.39 is 0 Å². The molecule has 12 heavy (non-hydrogen) atoms. The molecule has 1 nitrogen and oxygen atoms in total. The summed E-state index contributed by atoms with van der Waals surface area (Å²) in [5, 5.41) is 3.41. The quantitative estimate of drug-likeness (QED) is 0.581. The van der Waals surface area contributed by atoms with Gasteiger partial charge in [-0.2, -0.15) is 0 Å². The van der Waals surface area contributed by atoms with Crippen molar-refractivity contribution in [3.05, 3.63) is 0 Å². The van der Waals surface area contributed by atoms with E-state index in [1.165, 1.54) is 38.8 Å². The molecule has 0 amide bonds. The minimum atomic E-state index is 0.715. The normalized spacial score (nSPS) is 27.9. The molecule has 66 valence electrons. The third-order valence-electron chi connectivity index (χ3n) is 3.51. The molecule has 0 aromatic carbocycles. The molecule has 0 atom stereocenters. The zero-order valence-electron chi connectivity index (χ0n) is 7.60. The van der Waals surface area contributed by atoms with Crippen LogP contribution < -0.4 is 5.32 Å². The molecule has 0 bridgehead atoms. The smallest absolute Gasteiger partial charge is 0.0115 e. The maximum Gasteiger partial charge on any atom is 0.0115 e. The lowest BCUT2D eigenvalue weighted by atomic mass is 9.57. The molecule has 1 aliphatic carbocycles. The Labute approximate surface area is 74.9 Å². The van der Waals surface area contributed by atoms with Gasteiger partial charge in [-0.15, -0.1) is 12.3 Å². The minimum Gasteiger partial charge on any atom is -0.317 e. The second kappa shape index (κ2) is 3.11. The van der Waals surface area contributed by atoms with Gasteiger partial charge in [0.05, 0.1) is 0 Å². The minimum absolute atomic E-state index is 0.715. The summed E-state index contributed by atoms with van der Waals surface area (Å²) in [4.78, 5) is 0. The first-order valence-corrected chi connectivity index (χ1v) is 4.99. The standard InChI is InChI=1S/C11H17N/c1-2-3-10-8-11(9-10)4-6-12-7-5-11/h1,10,12H,3-9H2. The van der Waals surface area contributed by atoms with E-state index in [-0.39, 0.29) is 0 Å². The van der Waals surface area contributed by atoms with Crippen LogP contribution in [0.4, 0.5) is 0 Å². The van der Waals surface area contributed by atoms with Crippen LogP contribution in [0.3, 0.4) is 0 Å². The van der Waals surface area contributed by atoms with E-state index in [1.54, 1.807) is 0 Å². The monoisotopic (exact) mass is 163 g/mol. The van der Waals surface area contributed by atoms with Gasteiger partial charge < -0.3 is 5.32 Å². The van der Waals surface area contributed by atoms with Crippen molar-refractivity contribution in [2.75, 3.05) is 13.1 Å². The van der Waals surface area contributed by atoms with Crippen molar-refractivity contribution in [3.8, 4) is 12.3 Å². The van der Waals surface area contributed by atoms with E-state index in [9.17, 15) is 0 Å². The Kier molecular flexibility index (Phi) is 2.11. The average molecular weight is 163 g/mol. The predicted octanol–water partition coefficient (Wildman–Crippen LogP) is 1.79. The van der Waals surface area contributed by atoms with E-state index in [0.717, 1.165) is 12.3 Å². The third-order valence-corrected chi connectivity index (χ3v) is 3.51. The van der Waals surface area contributed by atoms with Crippen LogP contribution in [0, 0.1) is 23.7 Å². The van der Waals surface area contributed by atoms with Gasteiger partial charge in [-0.25, -0.2) is 0 Å². The highest BCUT2D eigenvalue weighted by atomic mass is 14.9. The first-order chi connectivity index (χ1) is 5.85. The van der Waals surface area contributed by atoms with Crippen LogP contribution in [-0.4, -0.2) is 13.1 Å². The number of piperidine rings is 1. The van der Waals surface area contributed by atoms with E-state index in [1.807, 2.05) is 0 Å². The summed E-state index contributed by atoms with van der Waals surface area (Å²) >= 11 is 0. The van der Waals surface area contributed by atoms with Gasteiger partial charge in [-0.1, -0.05) is 0 Å². The molecule has 1 heteroatoms. The lowest BCUT2D eigenvalue weighted by Crippen LogP contribution is -2.45. The molecule has 2 aliphatic rings. The van der Waals surface area contributed by atoms with Crippen LogP contribution >= 0.6 is 0 Å². The van der Waals surface area contributed by atoms with Crippen LogP contribution in [-0.2, 0) is 0 Å². The topological polar surface area (TPSA) is 12.0 Å². The van der Waals surface area contributed by atoms with Crippen LogP contribution in [0.15, 0.2) is 0 Å². The van der Waals surface area contributed by atoms with Gasteiger partial charge in [0.2, 0.25) is 0 Å². The number of hydrogen-bond acceptors (Lipinski definition) is 1. The second-order valence-corrected chi connectivity index (χ2v) is 4.43. The molecular weight excluding hydrogens is 146 g/mol. The molecule has 1 heterocycles. The molecule has 2 rings (SSSR count). The van der Waals surface area contributed by atoms with Crippen molar-refractivity contribution in [1.29, 1.82) is 0 Å². The van der Waals surface area contributed by atoms with Crippen molar-refractivity contribution < 1.29 is 0 Å². The largest absolute Gasteiger partial charge is 0.317 e. The summed E-state index contributed by atoms with van der Waals surface area (Å²) < 4.78 is 0. The molecular formula is C11H17N. The number of terminal acetylenes is 1. The molecule has 0 unspecified atom stereocenters. The van der Waals surface area contributed by atoms with Gasteiger partial charge in [0.1, 0.15) is 0 Å². The number of hydrogen-bond donors (Lipinski definition) is 1. The van der Waals surface area contributed by atoms with Gasteiger partial charge >= 0.3 is 0 Å². The van der Waals surface area contributed by atoms with Gasteiger partial charge in [-0.05, 0) is 50.1 Å². The van der Waals surface area contributed by atoms with Crippen molar-refractivity contribution >= 4 is 0 Å². The molecule has 1 spiro atoms. The molecule has 1 N–H and O–H groups in total. The molecule has 1 saturated heterocycles. The highest BCUT2D eigenvalue weighted by molar-refractivity contribution is 5.00. The fourth-order valence-corrected chi connectivity index (χ4v) is 2.84. The fourth-order valence-electron chi connectivity index (χ4n) is 2.84. The lowest BCUT2D eigenvalue weighted by Gasteiger charge is -2.50. The Balaban J connectivity index is 1.81. The summed E-state index contributed by atoms with van der Waals surface area (Å²) in [5.74, 6) is 3.63. The zero-order chi connectivity index (χ0) is 8.44.